The van der Waals surface area contributed by atoms with Crippen LogP contribution >= 0.6 is 11.8 Å². The normalized spacial score (nSPS) is 11.8. The highest BCUT2D eigenvalue weighted by Gasteiger charge is 2.20. The molecule has 0 atom stereocenters. The highest BCUT2D eigenvalue weighted by Crippen LogP contribution is 2.27. The van der Waals surface area contributed by atoms with Gasteiger partial charge in [0.05, 0.1) is 6.61 Å². The molecule has 1 aromatic rings. The van der Waals surface area contributed by atoms with Crippen LogP contribution in [0.4, 0.5) is 5.82 Å². The van der Waals surface area contributed by atoms with Gasteiger partial charge in [0.25, 0.3) is 0 Å². The van der Waals surface area contributed by atoms with Crippen molar-refractivity contribution in [2.45, 2.75) is 38.1 Å². The predicted octanol–water partition coefficient (Wildman–Crippen LogP) is 1.75. The van der Waals surface area contributed by atoms with E-state index in [9.17, 15) is 0 Å². The molecule has 90 valence electrons. The first-order valence-electron chi connectivity index (χ1n) is 5.24. The minimum atomic E-state index is -0.115. The fourth-order valence-corrected chi connectivity index (χ4v) is 1.89. The van der Waals surface area contributed by atoms with E-state index in [1.165, 1.54) is 11.8 Å². The number of anilines is 1. The third-order valence-electron chi connectivity index (χ3n) is 2.14. The minimum Gasteiger partial charge on any atom is -0.396 e. The second-order valence-corrected chi connectivity index (χ2v) is 5.77. The number of aliphatic hydroxyl groups is 1. The summed E-state index contributed by atoms with van der Waals surface area (Å²) in [4.78, 5) is 8.81. The molecular weight excluding hydrogens is 222 g/mol. The summed E-state index contributed by atoms with van der Waals surface area (Å²) < 4.78 is 0. The van der Waals surface area contributed by atoms with E-state index in [0.717, 1.165) is 16.4 Å². The summed E-state index contributed by atoms with van der Waals surface area (Å²) in [5, 5.41) is 9.69. The molecule has 1 rings (SSSR count). The number of nitrogen functional groups attached to an aromatic ring is 1. The van der Waals surface area contributed by atoms with Crippen LogP contribution in [-0.4, -0.2) is 27.4 Å². The van der Waals surface area contributed by atoms with Gasteiger partial charge in [-0.05, 0) is 6.92 Å². The Labute approximate surface area is 101 Å². The molecule has 1 heterocycles. The number of aromatic nitrogens is 2. The summed E-state index contributed by atoms with van der Waals surface area (Å²) in [5.41, 5.74) is 6.64. The van der Waals surface area contributed by atoms with Gasteiger partial charge in [0.1, 0.15) is 16.7 Å². The van der Waals surface area contributed by atoms with Crippen LogP contribution in [0.25, 0.3) is 0 Å². The molecule has 0 radical (unpaired) electrons. The highest BCUT2D eigenvalue weighted by atomic mass is 32.2. The van der Waals surface area contributed by atoms with Crippen molar-refractivity contribution < 1.29 is 5.11 Å². The maximum atomic E-state index is 8.82. The zero-order chi connectivity index (χ0) is 12.3. The van der Waals surface area contributed by atoms with Gasteiger partial charge < -0.3 is 10.8 Å². The SMILES string of the molecule is Cc1c(N)nc(C(C)(C)C)nc1SCCO. The predicted molar refractivity (Wildman–Crippen MR) is 67.7 cm³/mol. The summed E-state index contributed by atoms with van der Waals surface area (Å²) in [5.74, 6) is 1.90. The van der Waals surface area contributed by atoms with Crippen molar-refractivity contribution >= 4 is 17.6 Å². The maximum Gasteiger partial charge on any atom is 0.137 e. The van der Waals surface area contributed by atoms with Crippen molar-refractivity contribution in [3.63, 3.8) is 0 Å². The summed E-state index contributed by atoms with van der Waals surface area (Å²) in [6.07, 6.45) is 0. The third-order valence-corrected chi connectivity index (χ3v) is 3.20. The van der Waals surface area contributed by atoms with E-state index >= 15 is 0 Å². The smallest absolute Gasteiger partial charge is 0.137 e. The first kappa shape index (κ1) is 13.3. The van der Waals surface area contributed by atoms with Crippen molar-refractivity contribution in [1.82, 2.24) is 9.97 Å². The molecule has 16 heavy (non-hydrogen) atoms. The van der Waals surface area contributed by atoms with Gasteiger partial charge in [0.2, 0.25) is 0 Å². The van der Waals surface area contributed by atoms with E-state index in [2.05, 4.69) is 30.7 Å². The van der Waals surface area contributed by atoms with E-state index < -0.39 is 0 Å². The van der Waals surface area contributed by atoms with E-state index in [4.69, 9.17) is 10.8 Å². The molecule has 0 aliphatic rings. The Balaban J connectivity index is 3.12. The molecule has 5 heteroatoms. The molecule has 0 bridgehead atoms. The zero-order valence-corrected chi connectivity index (χ0v) is 11.1. The average molecular weight is 241 g/mol. The zero-order valence-electron chi connectivity index (χ0n) is 10.2. The molecule has 4 nitrogen and oxygen atoms in total. The van der Waals surface area contributed by atoms with Gasteiger partial charge in [-0.25, -0.2) is 9.97 Å². The number of nitrogens with zero attached hydrogens (tertiary/aromatic N) is 2. The van der Waals surface area contributed by atoms with Crippen LogP contribution in [0.3, 0.4) is 0 Å². The standard InChI is InChI=1S/C11H19N3OS/c1-7-8(12)13-10(11(2,3)4)14-9(7)16-6-5-15/h15H,5-6H2,1-4H3,(H2,12,13,14). The summed E-state index contributed by atoms with van der Waals surface area (Å²) >= 11 is 1.51. The quantitative estimate of drug-likeness (QED) is 0.623. The van der Waals surface area contributed by atoms with Crippen LogP contribution in [0.1, 0.15) is 32.2 Å². The van der Waals surface area contributed by atoms with Crippen LogP contribution in [0.15, 0.2) is 5.03 Å². The second-order valence-electron chi connectivity index (χ2n) is 4.68. The molecule has 0 aliphatic carbocycles. The minimum absolute atomic E-state index is 0.115. The number of hydrogen-bond donors (Lipinski definition) is 2. The highest BCUT2D eigenvalue weighted by molar-refractivity contribution is 7.99. The van der Waals surface area contributed by atoms with Crippen LogP contribution in [0, 0.1) is 6.92 Å². The van der Waals surface area contributed by atoms with Gasteiger partial charge in [-0.15, -0.1) is 11.8 Å². The van der Waals surface area contributed by atoms with E-state index in [1.54, 1.807) is 0 Å². The lowest BCUT2D eigenvalue weighted by Gasteiger charge is -2.18. The Kier molecular flexibility index (Phi) is 4.15. The van der Waals surface area contributed by atoms with E-state index in [1.807, 2.05) is 6.92 Å². The molecule has 0 amide bonds. The number of hydrogen-bond acceptors (Lipinski definition) is 5. The maximum absolute atomic E-state index is 8.82. The van der Waals surface area contributed by atoms with Crippen LogP contribution in [-0.2, 0) is 5.41 Å². The van der Waals surface area contributed by atoms with Gasteiger partial charge in [-0.3, -0.25) is 0 Å². The molecule has 0 saturated carbocycles. The van der Waals surface area contributed by atoms with Crippen LogP contribution in [0.2, 0.25) is 0 Å². The van der Waals surface area contributed by atoms with Gasteiger partial charge in [-0.2, -0.15) is 0 Å². The number of nitrogens with two attached hydrogens (primary N) is 1. The number of aliphatic hydroxyl groups excluding tert-OH is 1. The molecule has 0 spiro atoms. The van der Waals surface area contributed by atoms with E-state index in [0.29, 0.717) is 11.6 Å². The van der Waals surface area contributed by atoms with Crippen molar-refractivity contribution in [2.75, 3.05) is 18.1 Å². The molecule has 0 aromatic carbocycles. The Morgan fingerprint density at radius 3 is 2.44 bits per heavy atom. The Bertz CT molecular complexity index is 374. The molecule has 3 N–H and O–H groups in total. The van der Waals surface area contributed by atoms with Crippen molar-refractivity contribution in [3.8, 4) is 0 Å². The Morgan fingerprint density at radius 1 is 1.31 bits per heavy atom. The Morgan fingerprint density at radius 2 is 1.94 bits per heavy atom. The van der Waals surface area contributed by atoms with Gasteiger partial charge >= 0.3 is 0 Å². The van der Waals surface area contributed by atoms with Gasteiger partial charge in [0.15, 0.2) is 0 Å². The lowest BCUT2D eigenvalue weighted by atomic mass is 9.95. The number of rotatable bonds is 3. The summed E-state index contributed by atoms with van der Waals surface area (Å²) in [7, 11) is 0. The largest absolute Gasteiger partial charge is 0.396 e. The summed E-state index contributed by atoms with van der Waals surface area (Å²) in [6.45, 7) is 8.20. The number of thioether (sulfide) groups is 1. The molecule has 0 fully saturated rings. The van der Waals surface area contributed by atoms with E-state index in [-0.39, 0.29) is 12.0 Å². The monoisotopic (exact) mass is 241 g/mol. The fourth-order valence-electron chi connectivity index (χ4n) is 1.13. The van der Waals surface area contributed by atoms with Crippen molar-refractivity contribution in [1.29, 1.82) is 0 Å². The first-order chi connectivity index (χ1) is 7.36. The van der Waals surface area contributed by atoms with Crippen LogP contribution < -0.4 is 5.73 Å². The topological polar surface area (TPSA) is 72.0 Å². The lowest BCUT2D eigenvalue weighted by Crippen LogP contribution is -2.18. The lowest BCUT2D eigenvalue weighted by molar-refractivity contribution is 0.322. The summed E-state index contributed by atoms with van der Waals surface area (Å²) in [6, 6.07) is 0. The third kappa shape index (κ3) is 3.09. The fraction of sp³-hybridized carbons (Fsp3) is 0.636. The molecule has 1 aromatic heterocycles. The molecule has 0 aliphatic heterocycles. The second kappa shape index (κ2) is 5.01. The van der Waals surface area contributed by atoms with Gasteiger partial charge in [-0.1, -0.05) is 20.8 Å². The first-order valence-corrected chi connectivity index (χ1v) is 6.23. The van der Waals surface area contributed by atoms with Crippen LogP contribution in [0.5, 0.6) is 0 Å². The Hall–Kier alpha value is -0.810. The average Bonchev–Trinajstić information content (AvgIpc) is 2.18. The van der Waals surface area contributed by atoms with Crippen molar-refractivity contribution in [3.05, 3.63) is 11.4 Å². The molecule has 0 saturated heterocycles. The molecule has 0 unspecified atom stereocenters. The van der Waals surface area contributed by atoms with Crippen molar-refractivity contribution in [2.24, 2.45) is 0 Å². The molecular formula is C11H19N3OS. The van der Waals surface area contributed by atoms with Gasteiger partial charge in [0, 0.05) is 16.7 Å².